The molecular formula is C18H19IN2O2S. The van der Waals surface area contributed by atoms with Crippen LogP contribution in [-0.2, 0) is 4.79 Å². The molecule has 2 aromatic rings. The zero-order valence-electron chi connectivity index (χ0n) is 13.8. The van der Waals surface area contributed by atoms with Gasteiger partial charge in [-0.15, -0.1) is 0 Å². The van der Waals surface area contributed by atoms with Gasteiger partial charge in [-0.05, 0) is 103 Å². The number of rotatable bonds is 4. The highest BCUT2D eigenvalue weighted by Gasteiger charge is 2.08. The van der Waals surface area contributed by atoms with E-state index in [0.717, 1.165) is 20.4 Å². The first kappa shape index (κ1) is 18.7. The van der Waals surface area contributed by atoms with Crippen molar-refractivity contribution in [1.82, 2.24) is 5.32 Å². The molecule has 0 fully saturated rings. The van der Waals surface area contributed by atoms with Gasteiger partial charge in [0.1, 0.15) is 5.75 Å². The highest BCUT2D eigenvalue weighted by molar-refractivity contribution is 14.1. The lowest BCUT2D eigenvalue weighted by atomic mass is 10.1. The quantitative estimate of drug-likeness (QED) is 0.540. The second-order valence-electron chi connectivity index (χ2n) is 5.50. The van der Waals surface area contributed by atoms with Gasteiger partial charge in [-0.25, -0.2) is 0 Å². The molecule has 0 bridgehead atoms. The van der Waals surface area contributed by atoms with E-state index in [2.05, 4.69) is 33.2 Å². The monoisotopic (exact) mass is 454 g/mol. The molecule has 0 aromatic heterocycles. The minimum atomic E-state index is -0.297. The molecule has 126 valence electrons. The van der Waals surface area contributed by atoms with Crippen LogP contribution in [-0.4, -0.2) is 17.6 Å². The summed E-state index contributed by atoms with van der Waals surface area (Å²) < 4.78 is 6.64. The lowest BCUT2D eigenvalue weighted by Gasteiger charge is -2.12. The number of amides is 1. The topological polar surface area (TPSA) is 50.4 Å². The lowest BCUT2D eigenvalue weighted by molar-refractivity contribution is -0.121. The first-order valence-corrected chi connectivity index (χ1v) is 8.91. The van der Waals surface area contributed by atoms with Crippen molar-refractivity contribution >= 4 is 51.5 Å². The standard InChI is InChI=1S/C18H19IN2O2S/c1-11-4-6-15(9-12(11)2)23-10-17(22)21-18(24)20-16-7-5-14(19)8-13(16)3/h4-9H,10H2,1-3H3,(H2,20,21,22,24). The number of carbonyl (C=O) groups is 1. The van der Waals surface area contributed by atoms with Crippen LogP contribution >= 0.6 is 34.8 Å². The maximum atomic E-state index is 11.9. The first-order valence-electron chi connectivity index (χ1n) is 7.42. The largest absolute Gasteiger partial charge is 0.484 e. The van der Waals surface area contributed by atoms with E-state index in [1.54, 1.807) is 0 Å². The number of nitrogens with one attached hydrogen (secondary N) is 2. The van der Waals surface area contributed by atoms with E-state index in [1.165, 1.54) is 5.56 Å². The van der Waals surface area contributed by atoms with Crippen LogP contribution < -0.4 is 15.4 Å². The van der Waals surface area contributed by atoms with Crippen molar-refractivity contribution < 1.29 is 9.53 Å². The Balaban J connectivity index is 1.85. The minimum Gasteiger partial charge on any atom is -0.484 e. The average molecular weight is 454 g/mol. The minimum absolute atomic E-state index is 0.0873. The summed E-state index contributed by atoms with van der Waals surface area (Å²) in [5.41, 5.74) is 4.24. The molecule has 0 aliphatic heterocycles. The smallest absolute Gasteiger partial charge is 0.264 e. The third-order valence-corrected chi connectivity index (χ3v) is 4.41. The second-order valence-corrected chi connectivity index (χ2v) is 7.15. The molecule has 0 radical (unpaired) electrons. The summed E-state index contributed by atoms with van der Waals surface area (Å²) in [4.78, 5) is 11.9. The highest BCUT2D eigenvalue weighted by atomic mass is 127. The van der Waals surface area contributed by atoms with E-state index in [0.29, 0.717) is 5.75 Å². The molecule has 0 unspecified atom stereocenters. The number of halogens is 1. The van der Waals surface area contributed by atoms with Crippen LogP contribution in [0.15, 0.2) is 36.4 Å². The Kier molecular flexibility index (Phi) is 6.56. The zero-order valence-corrected chi connectivity index (χ0v) is 16.7. The van der Waals surface area contributed by atoms with E-state index in [9.17, 15) is 4.79 Å². The Morgan fingerprint density at radius 2 is 1.83 bits per heavy atom. The van der Waals surface area contributed by atoms with E-state index in [-0.39, 0.29) is 17.6 Å². The van der Waals surface area contributed by atoms with Gasteiger partial charge >= 0.3 is 0 Å². The van der Waals surface area contributed by atoms with E-state index in [1.807, 2.05) is 57.2 Å². The van der Waals surface area contributed by atoms with Gasteiger partial charge in [0, 0.05) is 9.26 Å². The average Bonchev–Trinajstić information content (AvgIpc) is 2.51. The molecule has 0 saturated heterocycles. The van der Waals surface area contributed by atoms with Crippen LogP contribution in [0.2, 0.25) is 0 Å². The van der Waals surface area contributed by atoms with Gasteiger partial charge in [-0.2, -0.15) is 0 Å². The molecule has 6 heteroatoms. The fourth-order valence-electron chi connectivity index (χ4n) is 2.04. The van der Waals surface area contributed by atoms with Crippen molar-refractivity contribution in [2.75, 3.05) is 11.9 Å². The molecule has 2 rings (SSSR count). The van der Waals surface area contributed by atoms with Gasteiger partial charge in [0.2, 0.25) is 0 Å². The van der Waals surface area contributed by atoms with Crippen molar-refractivity contribution in [3.63, 3.8) is 0 Å². The van der Waals surface area contributed by atoms with Gasteiger partial charge in [0.05, 0.1) is 0 Å². The molecule has 2 N–H and O–H groups in total. The Labute approximate surface area is 161 Å². The van der Waals surface area contributed by atoms with Crippen molar-refractivity contribution in [3.8, 4) is 5.75 Å². The predicted octanol–water partition coefficient (Wildman–Crippen LogP) is 4.11. The van der Waals surface area contributed by atoms with Crippen molar-refractivity contribution in [1.29, 1.82) is 0 Å². The molecule has 2 aromatic carbocycles. The molecule has 0 heterocycles. The number of hydrogen-bond donors (Lipinski definition) is 2. The molecule has 1 amide bonds. The molecule has 4 nitrogen and oxygen atoms in total. The Morgan fingerprint density at radius 1 is 1.08 bits per heavy atom. The van der Waals surface area contributed by atoms with Gasteiger partial charge < -0.3 is 10.1 Å². The third-order valence-electron chi connectivity index (χ3n) is 3.54. The fraction of sp³-hybridized carbons (Fsp3) is 0.222. The predicted molar refractivity (Wildman–Crippen MR) is 110 cm³/mol. The molecule has 24 heavy (non-hydrogen) atoms. The Bertz CT molecular complexity index is 778. The zero-order chi connectivity index (χ0) is 17.7. The van der Waals surface area contributed by atoms with E-state index >= 15 is 0 Å². The van der Waals surface area contributed by atoms with Crippen LogP contribution in [0.4, 0.5) is 5.69 Å². The van der Waals surface area contributed by atoms with Crippen LogP contribution in [0.3, 0.4) is 0 Å². The maximum Gasteiger partial charge on any atom is 0.264 e. The molecule has 0 aliphatic carbocycles. The van der Waals surface area contributed by atoms with E-state index in [4.69, 9.17) is 17.0 Å². The van der Waals surface area contributed by atoms with Gasteiger partial charge in [-0.3, -0.25) is 10.1 Å². The van der Waals surface area contributed by atoms with Crippen LogP contribution in [0, 0.1) is 24.3 Å². The Morgan fingerprint density at radius 3 is 2.50 bits per heavy atom. The SMILES string of the molecule is Cc1ccc(OCC(=O)NC(=S)Nc2ccc(I)cc2C)cc1C. The molecule has 0 atom stereocenters. The summed E-state index contributed by atoms with van der Waals surface area (Å²) in [7, 11) is 0. The summed E-state index contributed by atoms with van der Waals surface area (Å²) in [6.45, 7) is 5.93. The van der Waals surface area contributed by atoms with E-state index < -0.39 is 0 Å². The summed E-state index contributed by atoms with van der Waals surface area (Å²) in [5, 5.41) is 5.90. The molecule has 0 spiro atoms. The van der Waals surface area contributed by atoms with Crippen molar-refractivity contribution in [3.05, 3.63) is 56.7 Å². The number of hydrogen-bond acceptors (Lipinski definition) is 3. The Hall–Kier alpha value is -1.67. The second kappa shape index (κ2) is 8.43. The van der Waals surface area contributed by atoms with Crippen molar-refractivity contribution in [2.45, 2.75) is 20.8 Å². The normalized spacial score (nSPS) is 10.2. The van der Waals surface area contributed by atoms with Crippen molar-refractivity contribution in [2.24, 2.45) is 0 Å². The van der Waals surface area contributed by atoms with Crippen LogP contribution in [0.1, 0.15) is 16.7 Å². The summed E-state index contributed by atoms with van der Waals surface area (Å²) >= 11 is 7.42. The van der Waals surface area contributed by atoms with Crippen LogP contribution in [0.25, 0.3) is 0 Å². The number of benzene rings is 2. The maximum absolute atomic E-state index is 11.9. The van der Waals surface area contributed by atoms with Gasteiger partial charge in [-0.1, -0.05) is 6.07 Å². The number of thiocarbonyl (C=S) groups is 1. The highest BCUT2D eigenvalue weighted by Crippen LogP contribution is 2.18. The summed E-state index contributed by atoms with van der Waals surface area (Å²) in [6, 6.07) is 11.7. The number of carbonyl (C=O) groups excluding carboxylic acids is 1. The first-order chi connectivity index (χ1) is 11.3. The number of aryl methyl sites for hydroxylation is 3. The number of ether oxygens (including phenoxy) is 1. The van der Waals surface area contributed by atoms with Crippen LogP contribution in [0.5, 0.6) is 5.75 Å². The van der Waals surface area contributed by atoms with Gasteiger partial charge in [0.25, 0.3) is 5.91 Å². The molecule has 0 aliphatic rings. The summed E-state index contributed by atoms with van der Waals surface area (Å²) in [5.74, 6) is 0.370. The van der Waals surface area contributed by atoms with Gasteiger partial charge in [0.15, 0.2) is 11.7 Å². The fourth-order valence-corrected chi connectivity index (χ4v) is 2.91. The molecular weight excluding hydrogens is 435 g/mol. The third kappa shape index (κ3) is 5.45. The number of anilines is 1. The summed E-state index contributed by atoms with van der Waals surface area (Å²) in [6.07, 6.45) is 0. The lowest BCUT2D eigenvalue weighted by Crippen LogP contribution is -2.37. The molecule has 0 saturated carbocycles.